The second kappa shape index (κ2) is 8.11. The standard InChI is InChI=1S/C18H25N5O2/c1-3-16(24)19-15(13-14-7-5-4-6-8-14)17-20-21-18(25-17)23-11-9-22(2)10-12-23/h4-8,15H,3,9-13H2,1-2H3,(H,19,24). The molecule has 2 aromatic rings. The van der Waals surface area contributed by atoms with Crippen LogP contribution in [-0.2, 0) is 11.2 Å². The van der Waals surface area contributed by atoms with Crippen LogP contribution in [0.4, 0.5) is 6.01 Å². The highest BCUT2D eigenvalue weighted by atomic mass is 16.4. The van der Waals surface area contributed by atoms with Crippen LogP contribution in [0, 0.1) is 0 Å². The number of hydrogen-bond donors (Lipinski definition) is 1. The smallest absolute Gasteiger partial charge is 0.318 e. The minimum absolute atomic E-state index is 0.0275. The number of likely N-dealkylation sites (N-methyl/N-ethyl adjacent to an activating group) is 1. The Kier molecular flexibility index (Phi) is 5.65. The van der Waals surface area contributed by atoms with Gasteiger partial charge in [-0.2, -0.15) is 0 Å². The number of aromatic nitrogens is 2. The van der Waals surface area contributed by atoms with Gasteiger partial charge in [0.25, 0.3) is 0 Å². The summed E-state index contributed by atoms with van der Waals surface area (Å²) < 4.78 is 5.91. The van der Waals surface area contributed by atoms with E-state index in [4.69, 9.17) is 4.42 Å². The van der Waals surface area contributed by atoms with Gasteiger partial charge in [0.2, 0.25) is 11.8 Å². The second-order valence-electron chi connectivity index (χ2n) is 6.38. The van der Waals surface area contributed by atoms with E-state index >= 15 is 0 Å². The van der Waals surface area contributed by atoms with Crippen molar-refractivity contribution in [3.63, 3.8) is 0 Å². The van der Waals surface area contributed by atoms with Gasteiger partial charge in [-0.1, -0.05) is 42.4 Å². The van der Waals surface area contributed by atoms with Gasteiger partial charge in [0.1, 0.15) is 6.04 Å². The molecule has 1 N–H and O–H groups in total. The first-order chi connectivity index (χ1) is 12.2. The van der Waals surface area contributed by atoms with Gasteiger partial charge in [-0.15, -0.1) is 5.10 Å². The topological polar surface area (TPSA) is 74.5 Å². The summed E-state index contributed by atoms with van der Waals surface area (Å²) in [5, 5.41) is 11.4. The molecule has 1 aromatic carbocycles. The molecule has 0 bridgehead atoms. The van der Waals surface area contributed by atoms with Crippen LogP contribution >= 0.6 is 0 Å². The summed E-state index contributed by atoms with van der Waals surface area (Å²) in [7, 11) is 2.10. The molecular weight excluding hydrogens is 318 g/mol. The van der Waals surface area contributed by atoms with E-state index in [1.54, 1.807) is 0 Å². The second-order valence-corrected chi connectivity index (χ2v) is 6.38. The molecule has 1 unspecified atom stereocenters. The lowest BCUT2D eigenvalue weighted by Gasteiger charge is -2.30. The van der Waals surface area contributed by atoms with Crippen molar-refractivity contribution in [1.82, 2.24) is 20.4 Å². The highest BCUT2D eigenvalue weighted by molar-refractivity contribution is 5.75. The van der Waals surface area contributed by atoms with Crippen LogP contribution in [0.2, 0.25) is 0 Å². The van der Waals surface area contributed by atoms with Gasteiger partial charge >= 0.3 is 6.01 Å². The number of rotatable bonds is 6. The number of hydrogen-bond acceptors (Lipinski definition) is 6. The molecule has 1 amide bonds. The van der Waals surface area contributed by atoms with E-state index in [0.29, 0.717) is 24.7 Å². The number of benzene rings is 1. The van der Waals surface area contributed by atoms with Crippen LogP contribution in [0.1, 0.15) is 30.8 Å². The molecule has 7 heteroatoms. The van der Waals surface area contributed by atoms with E-state index < -0.39 is 0 Å². The van der Waals surface area contributed by atoms with Crippen LogP contribution in [0.15, 0.2) is 34.7 Å². The quantitative estimate of drug-likeness (QED) is 0.859. The molecule has 1 saturated heterocycles. The summed E-state index contributed by atoms with van der Waals surface area (Å²) >= 11 is 0. The van der Waals surface area contributed by atoms with E-state index in [9.17, 15) is 4.79 Å². The van der Waals surface area contributed by atoms with Crippen molar-refractivity contribution in [1.29, 1.82) is 0 Å². The first kappa shape index (κ1) is 17.4. The number of amides is 1. The largest absolute Gasteiger partial charge is 0.406 e. The summed E-state index contributed by atoms with van der Waals surface area (Å²) in [5.41, 5.74) is 1.11. The molecule has 134 valence electrons. The summed E-state index contributed by atoms with van der Waals surface area (Å²) in [6, 6.07) is 10.2. The summed E-state index contributed by atoms with van der Waals surface area (Å²) in [5.74, 6) is 0.430. The Labute approximate surface area is 148 Å². The molecule has 0 saturated carbocycles. The van der Waals surface area contributed by atoms with E-state index in [2.05, 4.69) is 32.4 Å². The fourth-order valence-corrected chi connectivity index (χ4v) is 2.84. The number of carbonyl (C=O) groups excluding carboxylic acids is 1. The molecular formula is C18H25N5O2. The van der Waals surface area contributed by atoms with Gasteiger partial charge in [-0.3, -0.25) is 4.79 Å². The summed E-state index contributed by atoms with van der Waals surface area (Å²) in [6.07, 6.45) is 1.04. The first-order valence-electron chi connectivity index (χ1n) is 8.76. The van der Waals surface area contributed by atoms with Crippen LogP contribution in [-0.4, -0.2) is 54.2 Å². The monoisotopic (exact) mass is 343 g/mol. The predicted molar refractivity (Wildman–Crippen MR) is 95.3 cm³/mol. The lowest BCUT2D eigenvalue weighted by atomic mass is 10.1. The molecule has 3 rings (SSSR count). The molecule has 0 radical (unpaired) electrons. The lowest BCUT2D eigenvalue weighted by Crippen LogP contribution is -2.44. The van der Waals surface area contributed by atoms with Crippen molar-refractivity contribution in [3.8, 4) is 0 Å². The molecule has 0 aliphatic carbocycles. The van der Waals surface area contributed by atoms with Gasteiger partial charge in [0.15, 0.2) is 0 Å². The van der Waals surface area contributed by atoms with Crippen molar-refractivity contribution < 1.29 is 9.21 Å². The number of anilines is 1. The highest BCUT2D eigenvalue weighted by Gasteiger charge is 2.24. The Morgan fingerprint density at radius 3 is 2.60 bits per heavy atom. The van der Waals surface area contributed by atoms with Gasteiger partial charge in [-0.05, 0) is 12.6 Å². The Hall–Kier alpha value is -2.41. The van der Waals surface area contributed by atoms with Crippen molar-refractivity contribution in [2.24, 2.45) is 0 Å². The van der Waals surface area contributed by atoms with E-state index in [1.165, 1.54) is 0 Å². The molecule has 7 nitrogen and oxygen atoms in total. The molecule has 1 aromatic heterocycles. The fraction of sp³-hybridized carbons (Fsp3) is 0.500. The Bertz CT molecular complexity index is 680. The first-order valence-corrected chi connectivity index (χ1v) is 8.76. The number of carbonyl (C=O) groups is 1. The maximum absolute atomic E-state index is 11.9. The Balaban J connectivity index is 1.75. The van der Waals surface area contributed by atoms with Crippen LogP contribution in [0.25, 0.3) is 0 Å². The zero-order valence-electron chi connectivity index (χ0n) is 14.8. The summed E-state index contributed by atoms with van der Waals surface area (Å²) in [4.78, 5) is 16.3. The average molecular weight is 343 g/mol. The van der Waals surface area contributed by atoms with Crippen molar-refractivity contribution in [3.05, 3.63) is 41.8 Å². The van der Waals surface area contributed by atoms with Crippen molar-refractivity contribution >= 4 is 11.9 Å². The van der Waals surface area contributed by atoms with Crippen molar-refractivity contribution in [2.75, 3.05) is 38.1 Å². The Morgan fingerprint density at radius 2 is 1.92 bits per heavy atom. The maximum atomic E-state index is 11.9. The maximum Gasteiger partial charge on any atom is 0.318 e. The van der Waals surface area contributed by atoms with Gasteiger partial charge < -0.3 is 19.5 Å². The average Bonchev–Trinajstić information content (AvgIpc) is 3.12. The SMILES string of the molecule is CCC(=O)NC(Cc1ccccc1)c1nnc(N2CCN(C)CC2)o1. The molecule has 2 heterocycles. The molecule has 0 spiro atoms. The van der Waals surface area contributed by atoms with Crippen LogP contribution < -0.4 is 10.2 Å². The third-order valence-corrected chi connectivity index (χ3v) is 4.44. The summed E-state index contributed by atoms with van der Waals surface area (Å²) in [6.45, 7) is 5.50. The fourth-order valence-electron chi connectivity index (χ4n) is 2.84. The Morgan fingerprint density at radius 1 is 1.20 bits per heavy atom. The molecule has 1 aliphatic heterocycles. The zero-order chi connectivity index (χ0) is 17.6. The number of nitrogens with one attached hydrogen (secondary N) is 1. The lowest BCUT2D eigenvalue weighted by molar-refractivity contribution is -0.121. The van der Waals surface area contributed by atoms with Gasteiger partial charge in [0, 0.05) is 39.0 Å². The molecule has 1 atom stereocenters. The zero-order valence-corrected chi connectivity index (χ0v) is 14.8. The molecule has 25 heavy (non-hydrogen) atoms. The van der Waals surface area contributed by atoms with Gasteiger partial charge in [-0.25, -0.2) is 0 Å². The molecule has 1 aliphatic rings. The van der Waals surface area contributed by atoms with E-state index in [1.807, 2.05) is 37.3 Å². The highest BCUT2D eigenvalue weighted by Crippen LogP contribution is 2.22. The van der Waals surface area contributed by atoms with Crippen LogP contribution in [0.5, 0.6) is 0 Å². The molecule has 1 fully saturated rings. The normalized spacial score (nSPS) is 16.6. The number of piperazine rings is 1. The number of nitrogens with zero attached hydrogens (tertiary/aromatic N) is 4. The third-order valence-electron chi connectivity index (χ3n) is 4.44. The predicted octanol–water partition coefficient (Wildman–Crippen LogP) is 1.63. The minimum Gasteiger partial charge on any atom is -0.406 e. The van der Waals surface area contributed by atoms with Crippen LogP contribution in [0.3, 0.4) is 0 Å². The minimum atomic E-state index is -0.316. The van der Waals surface area contributed by atoms with E-state index in [0.717, 1.165) is 31.7 Å². The van der Waals surface area contributed by atoms with Crippen molar-refractivity contribution in [2.45, 2.75) is 25.8 Å². The van der Waals surface area contributed by atoms with E-state index in [-0.39, 0.29) is 11.9 Å². The third kappa shape index (κ3) is 4.57. The van der Waals surface area contributed by atoms with Gasteiger partial charge in [0.05, 0.1) is 0 Å².